The summed E-state index contributed by atoms with van der Waals surface area (Å²) in [5.41, 5.74) is 1.18. The molecule has 5 heteroatoms. The van der Waals surface area contributed by atoms with E-state index >= 15 is 0 Å². The van der Waals surface area contributed by atoms with Crippen LogP contribution in [0.25, 0.3) is 10.1 Å². The maximum absolute atomic E-state index is 12.1. The molecule has 0 aliphatic rings. The van der Waals surface area contributed by atoms with E-state index in [1.807, 2.05) is 19.1 Å². The molecule has 2 rings (SSSR count). The molecule has 4 nitrogen and oxygen atoms in total. The molecule has 0 saturated carbocycles. The highest BCUT2D eigenvalue weighted by molar-refractivity contribution is 7.17. The lowest BCUT2D eigenvalue weighted by atomic mass is 10.1. The zero-order valence-corrected chi connectivity index (χ0v) is 13.3. The number of benzene rings is 1. The van der Waals surface area contributed by atoms with Gasteiger partial charge in [-0.05, 0) is 42.2 Å². The van der Waals surface area contributed by atoms with E-state index in [1.165, 1.54) is 15.6 Å². The van der Waals surface area contributed by atoms with Gasteiger partial charge in [0, 0.05) is 30.9 Å². The van der Waals surface area contributed by atoms with Gasteiger partial charge in [0.1, 0.15) is 0 Å². The number of thiophene rings is 1. The Bertz CT molecular complexity index is 597. The predicted molar refractivity (Wildman–Crippen MR) is 87.6 cm³/mol. The Hall–Kier alpha value is -1.59. The number of aliphatic hydroxyl groups excluding tert-OH is 1. The van der Waals surface area contributed by atoms with Gasteiger partial charge in [-0.25, -0.2) is 4.79 Å². The molecular weight excluding hydrogens is 284 g/mol. The van der Waals surface area contributed by atoms with Crippen LogP contribution in [0.3, 0.4) is 0 Å². The number of hydrogen-bond donors (Lipinski definition) is 2. The van der Waals surface area contributed by atoms with Crippen LogP contribution in [0.1, 0.15) is 25.3 Å². The average molecular weight is 306 g/mol. The van der Waals surface area contributed by atoms with E-state index in [-0.39, 0.29) is 18.7 Å². The van der Waals surface area contributed by atoms with Gasteiger partial charge in [-0.15, -0.1) is 11.3 Å². The molecule has 0 spiro atoms. The van der Waals surface area contributed by atoms with E-state index in [0.29, 0.717) is 13.0 Å². The smallest absolute Gasteiger partial charge is 0.317 e. The SMILES string of the molecule is CC(CCCO)NC(=O)N(C)Cc1csc2ccccc12. The molecule has 2 aromatic rings. The summed E-state index contributed by atoms with van der Waals surface area (Å²) in [5.74, 6) is 0. The monoisotopic (exact) mass is 306 g/mol. The number of urea groups is 1. The number of hydrogen-bond acceptors (Lipinski definition) is 3. The molecule has 0 saturated heterocycles. The molecule has 1 unspecified atom stereocenters. The largest absolute Gasteiger partial charge is 0.396 e. The first-order valence-electron chi connectivity index (χ1n) is 7.19. The summed E-state index contributed by atoms with van der Waals surface area (Å²) in [6.07, 6.45) is 1.50. The molecular formula is C16H22N2O2S. The molecule has 2 N–H and O–H groups in total. The molecule has 0 fully saturated rings. The van der Waals surface area contributed by atoms with Crippen molar-refractivity contribution in [1.82, 2.24) is 10.2 Å². The number of aliphatic hydroxyl groups is 1. The number of fused-ring (bicyclic) bond motifs is 1. The number of nitrogens with zero attached hydrogens (tertiary/aromatic N) is 1. The Morgan fingerprint density at radius 1 is 1.43 bits per heavy atom. The first-order chi connectivity index (χ1) is 10.1. The van der Waals surface area contributed by atoms with E-state index in [0.717, 1.165) is 6.42 Å². The summed E-state index contributed by atoms with van der Waals surface area (Å²) in [4.78, 5) is 13.8. The van der Waals surface area contributed by atoms with Crippen molar-refractivity contribution in [1.29, 1.82) is 0 Å². The molecule has 114 valence electrons. The maximum Gasteiger partial charge on any atom is 0.317 e. The molecule has 1 aromatic heterocycles. The van der Waals surface area contributed by atoms with Crippen molar-refractivity contribution >= 4 is 27.5 Å². The Balaban J connectivity index is 1.94. The fourth-order valence-electron chi connectivity index (χ4n) is 2.27. The maximum atomic E-state index is 12.1. The highest BCUT2D eigenvalue weighted by Crippen LogP contribution is 2.26. The summed E-state index contributed by atoms with van der Waals surface area (Å²) >= 11 is 1.71. The summed E-state index contributed by atoms with van der Waals surface area (Å²) < 4.78 is 1.25. The third-order valence-electron chi connectivity index (χ3n) is 3.48. The molecule has 0 aliphatic carbocycles. The second kappa shape index (κ2) is 7.43. The lowest BCUT2D eigenvalue weighted by Gasteiger charge is -2.21. The summed E-state index contributed by atoms with van der Waals surface area (Å²) in [7, 11) is 1.81. The Kier molecular flexibility index (Phi) is 5.59. The van der Waals surface area contributed by atoms with E-state index in [1.54, 1.807) is 23.3 Å². The summed E-state index contributed by atoms with van der Waals surface area (Å²) in [6, 6.07) is 8.25. The van der Waals surface area contributed by atoms with Crippen LogP contribution >= 0.6 is 11.3 Å². The van der Waals surface area contributed by atoms with E-state index in [2.05, 4.69) is 22.8 Å². The third kappa shape index (κ3) is 4.19. The zero-order valence-electron chi connectivity index (χ0n) is 12.5. The number of nitrogens with one attached hydrogen (secondary N) is 1. The van der Waals surface area contributed by atoms with Gasteiger partial charge in [0.25, 0.3) is 0 Å². The van der Waals surface area contributed by atoms with Gasteiger partial charge in [-0.1, -0.05) is 18.2 Å². The van der Waals surface area contributed by atoms with Crippen LogP contribution in [0.5, 0.6) is 0 Å². The summed E-state index contributed by atoms with van der Waals surface area (Å²) in [6.45, 7) is 2.72. The Labute approximate surface area is 129 Å². The van der Waals surface area contributed by atoms with Crippen LogP contribution < -0.4 is 5.32 Å². The van der Waals surface area contributed by atoms with Crippen LogP contribution in [-0.4, -0.2) is 35.7 Å². The van der Waals surface area contributed by atoms with Gasteiger partial charge in [0.15, 0.2) is 0 Å². The number of carbonyl (C=O) groups is 1. The Morgan fingerprint density at radius 2 is 2.19 bits per heavy atom. The van der Waals surface area contributed by atoms with Crippen LogP contribution in [0, 0.1) is 0 Å². The molecule has 0 aliphatic heterocycles. The highest BCUT2D eigenvalue weighted by Gasteiger charge is 2.13. The normalized spacial score (nSPS) is 12.3. The minimum atomic E-state index is -0.0734. The second-order valence-corrected chi connectivity index (χ2v) is 6.24. The Morgan fingerprint density at radius 3 is 2.95 bits per heavy atom. The van der Waals surface area contributed by atoms with Gasteiger partial charge in [0.2, 0.25) is 0 Å². The summed E-state index contributed by atoms with van der Waals surface area (Å²) in [5, 5.41) is 15.1. The van der Waals surface area contributed by atoms with Crippen molar-refractivity contribution in [2.45, 2.75) is 32.4 Å². The van der Waals surface area contributed by atoms with Crippen molar-refractivity contribution in [3.8, 4) is 0 Å². The van der Waals surface area contributed by atoms with Gasteiger partial charge < -0.3 is 15.3 Å². The quantitative estimate of drug-likeness (QED) is 0.861. The van der Waals surface area contributed by atoms with E-state index in [9.17, 15) is 4.79 Å². The zero-order chi connectivity index (χ0) is 15.2. The van der Waals surface area contributed by atoms with Crippen LogP contribution in [0.4, 0.5) is 4.79 Å². The van der Waals surface area contributed by atoms with Gasteiger partial charge in [0.05, 0.1) is 0 Å². The number of carbonyl (C=O) groups excluding carboxylic acids is 1. The van der Waals surface area contributed by atoms with Crippen LogP contribution in [0.2, 0.25) is 0 Å². The van der Waals surface area contributed by atoms with Crippen molar-refractivity contribution in [3.63, 3.8) is 0 Å². The average Bonchev–Trinajstić information content (AvgIpc) is 2.88. The second-order valence-electron chi connectivity index (χ2n) is 5.33. The van der Waals surface area contributed by atoms with Crippen LogP contribution in [-0.2, 0) is 6.54 Å². The van der Waals surface area contributed by atoms with E-state index in [4.69, 9.17) is 5.11 Å². The van der Waals surface area contributed by atoms with Gasteiger partial charge in [-0.2, -0.15) is 0 Å². The topological polar surface area (TPSA) is 52.6 Å². The van der Waals surface area contributed by atoms with Gasteiger partial charge >= 0.3 is 6.03 Å². The predicted octanol–water partition coefficient (Wildman–Crippen LogP) is 3.20. The molecule has 1 heterocycles. The first kappa shape index (κ1) is 15.8. The lowest BCUT2D eigenvalue weighted by molar-refractivity contribution is 0.201. The fraction of sp³-hybridized carbons (Fsp3) is 0.438. The third-order valence-corrected chi connectivity index (χ3v) is 4.49. The molecule has 1 aromatic carbocycles. The minimum absolute atomic E-state index is 0.0734. The van der Waals surface area contributed by atoms with Crippen molar-refractivity contribution in [2.75, 3.05) is 13.7 Å². The molecule has 2 amide bonds. The lowest BCUT2D eigenvalue weighted by Crippen LogP contribution is -2.41. The standard InChI is InChI=1S/C16H22N2O2S/c1-12(6-5-9-19)17-16(20)18(2)10-13-11-21-15-8-4-3-7-14(13)15/h3-4,7-8,11-12,19H,5-6,9-10H2,1-2H3,(H,17,20). The van der Waals surface area contributed by atoms with Gasteiger partial charge in [-0.3, -0.25) is 0 Å². The molecule has 0 bridgehead atoms. The van der Waals surface area contributed by atoms with Crippen molar-refractivity contribution in [2.24, 2.45) is 0 Å². The highest BCUT2D eigenvalue weighted by atomic mass is 32.1. The van der Waals surface area contributed by atoms with Crippen molar-refractivity contribution in [3.05, 3.63) is 35.2 Å². The molecule has 21 heavy (non-hydrogen) atoms. The first-order valence-corrected chi connectivity index (χ1v) is 8.07. The fourth-order valence-corrected chi connectivity index (χ4v) is 3.23. The molecule has 1 atom stereocenters. The van der Waals surface area contributed by atoms with Crippen LogP contribution in [0.15, 0.2) is 29.6 Å². The van der Waals surface area contributed by atoms with Crippen molar-refractivity contribution < 1.29 is 9.90 Å². The molecule has 0 radical (unpaired) electrons. The van der Waals surface area contributed by atoms with E-state index < -0.39 is 0 Å². The number of rotatable bonds is 6. The minimum Gasteiger partial charge on any atom is -0.396 e. The number of amides is 2.